The minimum atomic E-state index is -0.877. The highest BCUT2D eigenvalue weighted by Crippen LogP contribution is 2.36. The van der Waals surface area contributed by atoms with Crippen molar-refractivity contribution in [1.29, 1.82) is 0 Å². The Balaban J connectivity index is 0.00000272. The number of halogens is 1. The molecule has 2 unspecified atom stereocenters. The number of nitrogens with one attached hydrogen (secondary N) is 2. The molecule has 2 aliphatic rings. The molecular weight excluding hydrogens is 499 g/mol. The van der Waals surface area contributed by atoms with E-state index in [0.29, 0.717) is 6.54 Å². The van der Waals surface area contributed by atoms with Gasteiger partial charge in [-0.15, -0.1) is 24.0 Å². The van der Waals surface area contributed by atoms with Crippen LogP contribution in [0, 0.1) is 0 Å². The first kappa shape index (κ1) is 23.9. The van der Waals surface area contributed by atoms with Crippen LogP contribution in [0.2, 0.25) is 0 Å². The second kappa shape index (κ2) is 10.7. The van der Waals surface area contributed by atoms with Gasteiger partial charge in [0, 0.05) is 25.3 Å². The fraction of sp³-hybridized carbons (Fsp3) is 0.480. The van der Waals surface area contributed by atoms with Crippen molar-refractivity contribution in [3.05, 3.63) is 65.2 Å². The Labute approximate surface area is 203 Å². The van der Waals surface area contributed by atoms with Crippen LogP contribution in [0.3, 0.4) is 0 Å². The second-order valence-corrected chi connectivity index (χ2v) is 8.54. The molecule has 2 atom stereocenters. The number of benzene rings is 2. The van der Waals surface area contributed by atoms with Crippen LogP contribution in [0.25, 0.3) is 0 Å². The summed E-state index contributed by atoms with van der Waals surface area (Å²) in [6.07, 6.45) is 4.19. The summed E-state index contributed by atoms with van der Waals surface area (Å²) < 4.78 is 0. The highest BCUT2D eigenvalue weighted by atomic mass is 127. The van der Waals surface area contributed by atoms with Crippen molar-refractivity contribution in [3.8, 4) is 0 Å². The van der Waals surface area contributed by atoms with Crippen LogP contribution >= 0.6 is 24.0 Å². The Hall–Kier alpha value is -1.80. The van der Waals surface area contributed by atoms with Gasteiger partial charge in [-0.25, -0.2) is 4.99 Å². The minimum absolute atomic E-state index is 0. The molecular formula is C25H35IN4O. The van der Waals surface area contributed by atoms with E-state index >= 15 is 0 Å². The Morgan fingerprint density at radius 2 is 1.94 bits per heavy atom. The van der Waals surface area contributed by atoms with Crippen LogP contribution in [0.15, 0.2) is 53.5 Å². The molecule has 6 heteroatoms. The van der Waals surface area contributed by atoms with E-state index in [1.54, 1.807) is 0 Å². The highest BCUT2D eigenvalue weighted by molar-refractivity contribution is 14.0. The molecule has 3 N–H and O–H groups in total. The number of anilines is 1. The maximum absolute atomic E-state index is 11.2. The summed E-state index contributed by atoms with van der Waals surface area (Å²) in [5.74, 6) is 0.745. The van der Waals surface area contributed by atoms with Gasteiger partial charge in [0.25, 0.3) is 0 Å². The van der Waals surface area contributed by atoms with Gasteiger partial charge in [0.15, 0.2) is 5.96 Å². The lowest BCUT2D eigenvalue weighted by molar-refractivity contribution is 0.0485. The standard InChI is InChI=1S/C25H34N4O.HI/c1-3-26-24(27-18-25(30)14-13-20-9-4-5-12-23(20)25)28-19(2)21-10-8-11-22(17-21)29-15-6-7-16-29;/h4-5,8-12,17,19,30H,3,6-7,13-16,18H2,1-2H3,(H2,26,27,28);1H. The predicted molar refractivity (Wildman–Crippen MR) is 139 cm³/mol. The second-order valence-electron chi connectivity index (χ2n) is 8.54. The van der Waals surface area contributed by atoms with Gasteiger partial charge < -0.3 is 20.6 Å². The molecule has 1 aliphatic heterocycles. The molecule has 4 rings (SSSR count). The van der Waals surface area contributed by atoms with E-state index in [1.807, 2.05) is 18.2 Å². The van der Waals surface area contributed by atoms with Crippen molar-refractivity contribution in [1.82, 2.24) is 10.6 Å². The molecule has 2 aromatic carbocycles. The number of aliphatic imine (C=N–C) groups is 1. The zero-order valence-electron chi connectivity index (χ0n) is 18.6. The van der Waals surface area contributed by atoms with E-state index < -0.39 is 5.60 Å². The van der Waals surface area contributed by atoms with Crippen LogP contribution in [0.5, 0.6) is 0 Å². The molecule has 0 spiro atoms. The van der Waals surface area contributed by atoms with E-state index in [2.05, 4.69) is 59.7 Å². The quantitative estimate of drug-likeness (QED) is 0.293. The normalized spacial score (nSPS) is 21.4. The molecule has 1 aliphatic carbocycles. The van der Waals surface area contributed by atoms with E-state index in [4.69, 9.17) is 4.99 Å². The van der Waals surface area contributed by atoms with Crippen LogP contribution in [0.4, 0.5) is 5.69 Å². The van der Waals surface area contributed by atoms with Crippen LogP contribution in [-0.4, -0.2) is 37.2 Å². The van der Waals surface area contributed by atoms with Crippen molar-refractivity contribution in [3.63, 3.8) is 0 Å². The number of nitrogens with zero attached hydrogens (tertiary/aromatic N) is 2. The summed E-state index contributed by atoms with van der Waals surface area (Å²) in [6.45, 7) is 7.66. The average molecular weight is 534 g/mol. The van der Waals surface area contributed by atoms with Crippen LogP contribution in [0.1, 0.15) is 55.8 Å². The average Bonchev–Trinajstić information content (AvgIpc) is 3.42. The van der Waals surface area contributed by atoms with Crippen molar-refractivity contribution in [2.45, 2.75) is 51.2 Å². The van der Waals surface area contributed by atoms with Crippen LogP contribution < -0.4 is 15.5 Å². The first-order valence-electron chi connectivity index (χ1n) is 11.3. The van der Waals surface area contributed by atoms with E-state index in [0.717, 1.165) is 44.0 Å². The molecule has 31 heavy (non-hydrogen) atoms. The Morgan fingerprint density at radius 1 is 1.16 bits per heavy atom. The molecule has 0 saturated carbocycles. The zero-order chi connectivity index (χ0) is 21.0. The largest absolute Gasteiger partial charge is 0.383 e. The lowest BCUT2D eigenvalue weighted by Gasteiger charge is -2.24. The number of guanidine groups is 1. The number of rotatable bonds is 6. The first-order valence-corrected chi connectivity index (χ1v) is 11.3. The zero-order valence-corrected chi connectivity index (χ0v) is 20.9. The summed E-state index contributed by atoms with van der Waals surface area (Å²) >= 11 is 0. The number of aliphatic hydroxyl groups is 1. The SMILES string of the molecule is CCNC(=NCC1(O)CCc2ccccc21)NC(C)c1cccc(N2CCCC2)c1.I. The van der Waals surface area contributed by atoms with Crippen molar-refractivity contribution < 1.29 is 5.11 Å². The summed E-state index contributed by atoms with van der Waals surface area (Å²) in [5, 5.41) is 18.1. The summed E-state index contributed by atoms with van der Waals surface area (Å²) in [6, 6.07) is 17.1. The highest BCUT2D eigenvalue weighted by Gasteiger charge is 2.36. The maximum Gasteiger partial charge on any atom is 0.191 e. The third-order valence-corrected chi connectivity index (χ3v) is 6.36. The summed E-state index contributed by atoms with van der Waals surface area (Å²) in [7, 11) is 0. The molecule has 0 radical (unpaired) electrons. The number of hydrogen-bond donors (Lipinski definition) is 3. The molecule has 168 valence electrons. The fourth-order valence-electron chi connectivity index (χ4n) is 4.62. The number of hydrogen-bond acceptors (Lipinski definition) is 3. The van der Waals surface area contributed by atoms with Gasteiger partial charge in [-0.1, -0.05) is 36.4 Å². The molecule has 0 aromatic heterocycles. The molecule has 5 nitrogen and oxygen atoms in total. The van der Waals surface area contributed by atoms with Gasteiger partial charge >= 0.3 is 0 Å². The monoisotopic (exact) mass is 534 g/mol. The molecule has 1 heterocycles. The molecule has 0 bridgehead atoms. The smallest absolute Gasteiger partial charge is 0.191 e. The first-order chi connectivity index (χ1) is 14.6. The van der Waals surface area contributed by atoms with Crippen molar-refractivity contribution in [2.24, 2.45) is 4.99 Å². The Kier molecular flexibility index (Phi) is 8.22. The molecule has 1 fully saturated rings. The number of aryl methyl sites for hydroxylation is 1. The molecule has 0 amide bonds. The van der Waals surface area contributed by atoms with E-state index in [1.165, 1.54) is 29.7 Å². The van der Waals surface area contributed by atoms with E-state index in [9.17, 15) is 5.11 Å². The van der Waals surface area contributed by atoms with Crippen molar-refractivity contribution >= 4 is 35.6 Å². The molecule has 1 saturated heterocycles. The Morgan fingerprint density at radius 3 is 2.71 bits per heavy atom. The topological polar surface area (TPSA) is 59.9 Å². The van der Waals surface area contributed by atoms with Gasteiger partial charge in [0.1, 0.15) is 5.60 Å². The van der Waals surface area contributed by atoms with E-state index in [-0.39, 0.29) is 30.0 Å². The third kappa shape index (κ3) is 5.52. The fourth-order valence-corrected chi connectivity index (χ4v) is 4.62. The lowest BCUT2D eigenvalue weighted by Crippen LogP contribution is -2.40. The van der Waals surface area contributed by atoms with Gasteiger partial charge in [0.2, 0.25) is 0 Å². The lowest BCUT2D eigenvalue weighted by atomic mass is 9.96. The Bertz CT molecular complexity index is 897. The third-order valence-electron chi connectivity index (χ3n) is 6.36. The molecule has 2 aromatic rings. The van der Waals surface area contributed by atoms with Gasteiger partial charge in [-0.05, 0) is 68.4 Å². The predicted octanol–water partition coefficient (Wildman–Crippen LogP) is 4.35. The minimum Gasteiger partial charge on any atom is -0.383 e. The maximum atomic E-state index is 11.2. The summed E-state index contributed by atoms with van der Waals surface area (Å²) in [5.41, 5.74) is 3.93. The van der Waals surface area contributed by atoms with Crippen LogP contribution in [-0.2, 0) is 12.0 Å². The number of fused-ring (bicyclic) bond motifs is 1. The van der Waals surface area contributed by atoms with Crippen molar-refractivity contribution in [2.75, 3.05) is 31.1 Å². The van der Waals surface area contributed by atoms with Gasteiger partial charge in [-0.2, -0.15) is 0 Å². The van der Waals surface area contributed by atoms with Gasteiger partial charge in [-0.3, -0.25) is 0 Å². The van der Waals surface area contributed by atoms with Gasteiger partial charge in [0.05, 0.1) is 12.6 Å². The summed E-state index contributed by atoms with van der Waals surface area (Å²) in [4.78, 5) is 7.23.